The maximum atomic E-state index is 9.97. The summed E-state index contributed by atoms with van der Waals surface area (Å²) in [5.74, 6) is 0. The fourth-order valence-corrected chi connectivity index (χ4v) is 1.42. The summed E-state index contributed by atoms with van der Waals surface area (Å²) in [4.78, 5) is 14.1. The van der Waals surface area contributed by atoms with E-state index in [-0.39, 0.29) is 6.54 Å². The number of hydrogen-bond acceptors (Lipinski definition) is 5. The maximum Gasteiger partial charge on any atom is 0.123 e. The monoisotopic (exact) mass is 193 g/mol. The molecule has 0 saturated heterocycles. The minimum absolute atomic E-state index is 0.0548. The molecule has 5 heteroatoms. The third-order valence-corrected chi connectivity index (χ3v) is 2.16. The van der Waals surface area contributed by atoms with Gasteiger partial charge in [0.1, 0.15) is 17.6 Å². The summed E-state index contributed by atoms with van der Waals surface area (Å²) < 4.78 is 0. The first-order chi connectivity index (χ1) is 6.31. The molecule has 0 aromatic carbocycles. The van der Waals surface area contributed by atoms with Crippen molar-refractivity contribution in [1.29, 1.82) is 5.26 Å². The second-order valence-electron chi connectivity index (χ2n) is 2.26. The van der Waals surface area contributed by atoms with Gasteiger partial charge in [0, 0.05) is 0 Å². The van der Waals surface area contributed by atoms with Gasteiger partial charge < -0.3 is 0 Å². The lowest BCUT2D eigenvalue weighted by atomic mass is 10.3. The van der Waals surface area contributed by atoms with E-state index in [1.807, 2.05) is 12.3 Å². The molecular weight excluding hydrogens is 186 g/mol. The summed E-state index contributed by atoms with van der Waals surface area (Å²) in [6.45, 7) is 0.0548. The number of pyridine rings is 1. The Morgan fingerprint density at radius 2 is 2.46 bits per heavy atom. The zero-order valence-corrected chi connectivity index (χ0v) is 7.84. The van der Waals surface area contributed by atoms with Crippen LogP contribution in [-0.2, 0) is 6.54 Å². The van der Waals surface area contributed by atoms with Gasteiger partial charge in [-0.2, -0.15) is 10.2 Å². The molecule has 13 heavy (non-hydrogen) atoms. The largest absolute Gasteiger partial charge is 0.243 e. The highest BCUT2D eigenvalue weighted by Gasteiger charge is 2.03. The number of aromatic nitrogens is 1. The van der Waals surface area contributed by atoms with Crippen LogP contribution in [0.2, 0.25) is 0 Å². The summed E-state index contributed by atoms with van der Waals surface area (Å²) in [6.07, 6.45) is 1.83. The van der Waals surface area contributed by atoms with Crippen LogP contribution in [0.5, 0.6) is 0 Å². The van der Waals surface area contributed by atoms with Gasteiger partial charge in [0.2, 0.25) is 0 Å². The van der Waals surface area contributed by atoms with Gasteiger partial charge in [0.15, 0.2) is 0 Å². The van der Waals surface area contributed by atoms with Crippen LogP contribution in [0.15, 0.2) is 22.3 Å². The van der Waals surface area contributed by atoms with E-state index in [1.54, 1.807) is 12.1 Å². The summed E-state index contributed by atoms with van der Waals surface area (Å²) in [7, 11) is 0. The molecular formula is C8H7N3OS. The predicted molar refractivity (Wildman–Crippen MR) is 50.2 cm³/mol. The molecule has 4 nitrogen and oxygen atoms in total. The van der Waals surface area contributed by atoms with E-state index in [4.69, 9.17) is 5.26 Å². The molecule has 1 aromatic rings. The first-order valence-corrected chi connectivity index (χ1v) is 4.77. The van der Waals surface area contributed by atoms with Crippen molar-refractivity contribution in [2.24, 2.45) is 5.18 Å². The molecule has 0 fully saturated rings. The number of nitrogens with zero attached hydrogens (tertiary/aromatic N) is 3. The van der Waals surface area contributed by atoms with E-state index >= 15 is 0 Å². The highest BCUT2D eigenvalue weighted by molar-refractivity contribution is 7.98. The molecule has 1 aromatic heterocycles. The summed E-state index contributed by atoms with van der Waals surface area (Å²) in [5, 5.41) is 12.1. The molecule has 0 atom stereocenters. The van der Waals surface area contributed by atoms with Crippen LogP contribution in [0, 0.1) is 16.2 Å². The first-order valence-electron chi connectivity index (χ1n) is 3.55. The minimum atomic E-state index is 0.0548. The average molecular weight is 193 g/mol. The number of rotatable bonds is 3. The Kier molecular flexibility index (Phi) is 3.41. The molecule has 0 radical (unpaired) electrons. The number of nitroso groups, excluding NO2 is 1. The van der Waals surface area contributed by atoms with Crippen LogP contribution in [0.3, 0.4) is 0 Å². The van der Waals surface area contributed by atoms with Gasteiger partial charge in [-0.3, -0.25) is 0 Å². The standard InChI is InChI=1S/C8H7N3OS/c1-13-8-6(4-9)2-3-7(11-8)5-10-12/h2-3H,5H2,1H3. The topological polar surface area (TPSA) is 66.1 Å². The third-order valence-electron chi connectivity index (χ3n) is 1.46. The Bertz CT molecular complexity index is 359. The van der Waals surface area contributed by atoms with Gasteiger partial charge in [-0.1, -0.05) is 5.18 Å². The van der Waals surface area contributed by atoms with Crippen molar-refractivity contribution in [3.63, 3.8) is 0 Å². The number of nitriles is 1. The fraction of sp³-hybridized carbons (Fsp3) is 0.250. The van der Waals surface area contributed by atoms with E-state index in [0.717, 1.165) is 0 Å². The van der Waals surface area contributed by atoms with Gasteiger partial charge in [-0.05, 0) is 18.4 Å². The Balaban J connectivity index is 3.07. The van der Waals surface area contributed by atoms with Gasteiger partial charge in [0.25, 0.3) is 0 Å². The van der Waals surface area contributed by atoms with Gasteiger partial charge in [0.05, 0.1) is 11.3 Å². The molecule has 0 aliphatic heterocycles. The van der Waals surface area contributed by atoms with Gasteiger partial charge in [-0.25, -0.2) is 4.98 Å². The zero-order valence-electron chi connectivity index (χ0n) is 7.02. The molecule has 0 aliphatic rings. The highest BCUT2D eigenvalue weighted by atomic mass is 32.2. The van der Waals surface area contributed by atoms with E-state index in [0.29, 0.717) is 16.3 Å². The Labute approximate surface area is 80.0 Å². The zero-order chi connectivity index (χ0) is 9.68. The Morgan fingerprint density at radius 3 is 3.00 bits per heavy atom. The third kappa shape index (κ3) is 2.26. The molecule has 0 saturated carbocycles. The summed E-state index contributed by atoms with van der Waals surface area (Å²) in [6, 6.07) is 5.31. The number of hydrogen-bond donors (Lipinski definition) is 0. The molecule has 0 amide bonds. The van der Waals surface area contributed by atoms with Crippen molar-refractivity contribution in [3.05, 3.63) is 28.3 Å². The van der Waals surface area contributed by atoms with Crippen LogP contribution in [0.4, 0.5) is 0 Å². The second kappa shape index (κ2) is 4.58. The quantitative estimate of drug-likeness (QED) is 0.543. The van der Waals surface area contributed by atoms with Crippen molar-refractivity contribution in [2.45, 2.75) is 11.6 Å². The van der Waals surface area contributed by atoms with Crippen molar-refractivity contribution >= 4 is 11.8 Å². The van der Waals surface area contributed by atoms with Crippen molar-refractivity contribution in [3.8, 4) is 6.07 Å². The summed E-state index contributed by atoms with van der Waals surface area (Å²) in [5.41, 5.74) is 1.13. The van der Waals surface area contributed by atoms with Crippen LogP contribution in [0.25, 0.3) is 0 Å². The van der Waals surface area contributed by atoms with Crippen molar-refractivity contribution in [2.75, 3.05) is 6.26 Å². The fourth-order valence-electron chi connectivity index (χ4n) is 0.874. The summed E-state index contributed by atoms with van der Waals surface area (Å²) >= 11 is 1.38. The molecule has 0 unspecified atom stereocenters. The number of thioether (sulfide) groups is 1. The smallest absolute Gasteiger partial charge is 0.123 e. The average Bonchev–Trinajstić information content (AvgIpc) is 2.18. The SMILES string of the molecule is CSc1nc(CN=O)ccc1C#N. The molecule has 66 valence electrons. The van der Waals surface area contributed by atoms with E-state index < -0.39 is 0 Å². The van der Waals surface area contributed by atoms with Crippen LogP contribution < -0.4 is 0 Å². The molecule has 0 N–H and O–H groups in total. The van der Waals surface area contributed by atoms with Crippen LogP contribution in [0.1, 0.15) is 11.3 Å². The lowest BCUT2D eigenvalue weighted by Crippen LogP contribution is -1.92. The van der Waals surface area contributed by atoms with Crippen LogP contribution in [-0.4, -0.2) is 11.2 Å². The lowest BCUT2D eigenvalue weighted by Gasteiger charge is -2.00. The van der Waals surface area contributed by atoms with Gasteiger partial charge in [-0.15, -0.1) is 11.8 Å². The predicted octanol–water partition coefficient (Wildman–Crippen LogP) is 1.94. The van der Waals surface area contributed by atoms with Crippen molar-refractivity contribution in [1.82, 2.24) is 4.98 Å². The van der Waals surface area contributed by atoms with Crippen molar-refractivity contribution < 1.29 is 0 Å². The molecule has 0 aliphatic carbocycles. The highest BCUT2D eigenvalue weighted by Crippen LogP contribution is 2.17. The molecule has 1 heterocycles. The van der Waals surface area contributed by atoms with Gasteiger partial charge >= 0.3 is 0 Å². The Morgan fingerprint density at radius 1 is 1.69 bits per heavy atom. The molecule has 1 rings (SSSR count). The minimum Gasteiger partial charge on any atom is -0.243 e. The Hall–Kier alpha value is -1.41. The van der Waals surface area contributed by atoms with E-state index in [2.05, 4.69) is 10.2 Å². The molecule has 0 spiro atoms. The van der Waals surface area contributed by atoms with Crippen LogP contribution >= 0.6 is 11.8 Å². The first kappa shape index (κ1) is 9.68. The van der Waals surface area contributed by atoms with E-state index in [1.165, 1.54) is 11.8 Å². The maximum absolute atomic E-state index is 9.97. The lowest BCUT2D eigenvalue weighted by molar-refractivity contribution is 0.931. The second-order valence-corrected chi connectivity index (χ2v) is 3.05. The van der Waals surface area contributed by atoms with E-state index in [9.17, 15) is 4.91 Å². The normalized spacial score (nSPS) is 9.23. The molecule has 0 bridgehead atoms.